The number of imidazole rings is 1. The Morgan fingerprint density at radius 1 is 1.30 bits per heavy atom. The minimum atomic E-state index is 1.14. The summed E-state index contributed by atoms with van der Waals surface area (Å²) >= 11 is 0. The van der Waals surface area contributed by atoms with E-state index in [1.807, 2.05) is 0 Å². The fraction of sp³-hybridized carbons (Fsp3) is 0.167. The van der Waals surface area contributed by atoms with Gasteiger partial charge >= 0.3 is 0 Å². The highest BCUT2D eigenvalue weighted by Crippen LogP contribution is 2.06. The highest BCUT2D eigenvalue weighted by atomic mass is 15.6. The molecule has 3 rings (SSSR count). The summed E-state index contributed by atoms with van der Waals surface area (Å²) < 4.78 is 4.25. The molecule has 1 aliphatic heterocycles. The first kappa shape index (κ1) is 5.34. The first-order valence-corrected chi connectivity index (χ1v) is 3.11. The maximum absolute atomic E-state index is 3.67. The van der Waals surface area contributed by atoms with Gasteiger partial charge in [0, 0.05) is 24.8 Å². The predicted molar refractivity (Wildman–Crippen MR) is 36.4 cm³/mol. The summed E-state index contributed by atoms with van der Waals surface area (Å²) in [5, 5.41) is 0. The van der Waals surface area contributed by atoms with Gasteiger partial charge in [-0.05, 0) is 0 Å². The number of hydrogen-bond acceptors (Lipinski definition) is 1. The van der Waals surface area contributed by atoms with Crippen LogP contribution < -0.4 is 0 Å². The summed E-state index contributed by atoms with van der Waals surface area (Å²) in [5.74, 6) is 0. The maximum atomic E-state index is 3.67. The van der Waals surface area contributed by atoms with Gasteiger partial charge in [-0.2, -0.15) is 0 Å². The highest BCUT2D eigenvalue weighted by Gasteiger charge is 2.10. The Morgan fingerprint density at radius 3 is 2.20 bits per heavy atom. The van der Waals surface area contributed by atoms with Crippen molar-refractivity contribution >= 4 is 0 Å². The van der Waals surface area contributed by atoms with Crippen LogP contribution in [0, 0.1) is 0 Å². The van der Waals surface area contributed by atoms with E-state index in [-0.39, 0.29) is 0 Å². The standard InChI is InChI=1S/2C3H4N2/c1-2-5-3-4(1)5;1-2-5-3-4-1/h1-2H,3H2;1-3H,(H,4,5). The van der Waals surface area contributed by atoms with Crippen LogP contribution in [0.2, 0.25) is 0 Å². The minimum absolute atomic E-state index is 1.14. The van der Waals surface area contributed by atoms with Crippen molar-refractivity contribution in [2.45, 2.75) is 6.67 Å². The second kappa shape index (κ2) is 2.06. The van der Waals surface area contributed by atoms with Crippen molar-refractivity contribution < 1.29 is 0 Å². The van der Waals surface area contributed by atoms with E-state index in [1.54, 1.807) is 18.7 Å². The first-order chi connectivity index (χ1) is 4.97. The molecule has 52 valence electrons. The topological polar surface area (TPSA) is 38.5 Å². The Balaban J connectivity index is 0.0000000807. The number of rotatable bonds is 0. The van der Waals surface area contributed by atoms with Crippen LogP contribution in [0.15, 0.2) is 31.1 Å². The van der Waals surface area contributed by atoms with Crippen molar-refractivity contribution in [3.63, 3.8) is 0 Å². The van der Waals surface area contributed by atoms with E-state index in [0.29, 0.717) is 0 Å². The Morgan fingerprint density at radius 2 is 2.10 bits per heavy atom. The monoisotopic (exact) mass is 136 g/mol. The molecule has 3 heterocycles. The van der Waals surface area contributed by atoms with Gasteiger partial charge in [-0.15, -0.1) is 0 Å². The zero-order valence-electron chi connectivity index (χ0n) is 5.44. The van der Waals surface area contributed by atoms with Crippen LogP contribution in [0.3, 0.4) is 0 Å². The van der Waals surface area contributed by atoms with Gasteiger partial charge in [0.1, 0.15) is 6.67 Å². The zero-order chi connectivity index (χ0) is 6.81. The molecule has 0 fully saturated rings. The van der Waals surface area contributed by atoms with E-state index >= 15 is 0 Å². The SMILES string of the molecule is c1c[nH]cn1.c1cn2n1C2. The van der Waals surface area contributed by atoms with Crippen molar-refractivity contribution in [1.29, 1.82) is 0 Å². The Kier molecular flexibility index (Phi) is 1.10. The largest absolute Gasteiger partial charge is 0.351 e. The molecule has 0 unspecified atom stereocenters. The molecule has 0 atom stereocenters. The van der Waals surface area contributed by atoms with E-state index < -0.39 is 0 Å². The van der Waals surface area contributed by atoms with Crippen molar-refractivity contribution in [3.05, 3.63) is 31.1 Å². The van der Waals surface area contributed by atoms with Gasteiger partial charge in [0.15, 0.2) is 0 Å². The van der Waals surface area contributed by atoms with E-state index in [2.05, 4.69) is 31.7 Å². The molecule has 0 bridgehead atoms. The van der Waals surface area contributed by atoms with E-state index in [4.69, 9.17) is 0 Å². The number of fused-ring (bicyclic) bond motifs is 1. The number of hydrogen-bond donors (Lipinski definition) is 1. The number of aromatic nitrogens is 4. The number of nitrogens with zero attached hydrogens (tertiary/aromatic N) is 3. The lowest BCUT2D eigenvalue weighted by molar-refractivity contribution is 0.962. The molecule has 0 amide bonds. The summed E-state index contributed by atoms with van der Waals surface area (Å²) in [7, 11) is 0. The normalized spacial score (nSPS) is 11.6. The molecular weight excluding hydrogens is 128 g/mol. The summed E-state index contributed by atoms with van der Waals surface area (Å²) in [5.41, 5.74) is 0. The minimum Gasteiger partial charge on any atom is -0.351 e. The van der Waals surface area contributed by atoms with Crippen LogP contribution in [0.4, 0.5) is 0 Å². The van der Waals surface area contributed by atoms with Crippen LogP contribution in [-0.4, -0.2) is 19.3 Å². The smallest absolute Gasteiger partial charge is 0.129 e. The van der Waals surface area contributed by atoms with Crippen molar-refractivity contribution in [2.75, 3.05) is 0 Å². The molecule has 4 heteroatoms. The van der Waals surface area contributed by atoms with Crippen molar-refractivity contribution in [2.24, 2.45) is 0 Å². The van der Waals surface area contributed by atoms with Crippen molar-refractivity contribution in [1.82, 2.24) is 19.3 Å². The number of aromatic amines is 1. The molecule has 1 N–H and O–H groups in total. The lowest BCUT2D eigenvalue weighted by Crippen LogP contribution is -1.75. The maximum Gasteiger partial charge on any atom is 0.129 e. The second-order valence-corrected chi connectivity index (χ2v) is 2.08. The van der Waals surface area contributed by atoms with E-state index in [1.165, 1.54) is 0 Å². The molecule has 0 saturated carbocycles. The summed E-state index contributed by atoms with van der Waals surface area (Å²) in [6.07, 6.45) is 9.19. The molecule has 0 aromatic carbocycles. The molecule has 0 aliphatic carbocycles. The molecular formula is C6H8N4. The molecule has 2 aromatic rings. The number of nitrogens with one attached hydrogen (secondary N) is 1. The average Bonchev–Trinajstić information content (AvgIpc) is 2.43. The summed E-state index contributed by atoms with van der Waals surface area (Å²) in [4.78, 5) is 6.42. The van der Waals surface area contributed by atoms with Gasteiger partial charge in [-0.1, -0.05) is 0 Å². The second-order valence-electron chi connectivity index (χ2n) is 2.08. The van der Waals surface area contributed by atoms with Crippen LogP contribution in [0.1, 0.15) is 0 Å². The molecule has 10 heavy (non-hydrogen) atoms. The van der Waals surface area contributed by atoms with Crippen LogP contribution in [0.5, 0.6) is 0 Å². The third-order valence-electron chi connectivity index (χ3n) is 1.35. The predicted octanol–water partition coefficient (Wildman–Crippen LogP) is 0.518. The third kappa shape index (κ3) is 0.953. The summed E-state index contributed by atoms with van der Waals surface area (Å²) in [6.45, 7) is 1.14. The van der Waals surface area contributed by atoms with Gasteiger partial charge in [-0.25, -0.2) is 4.98 Å². The zero-order valence-corrected chi connectivity index (χ0v) is 5.44. The Labute approximate surface area is 58.1 Å². The molecule has 0 radical (unpaired) electrons. The van der Waals surface area contributed by atoms with E-state index in [9.17, 15) is 0 Å². The quantitative estimate of drug-likeness (QED) is 0.480. The number of H-pyrrole nitrogens is 1. The van der Waals surface area contributed by atoms with Gasteiger partial charge < -0.3 is 4.98 Å². The van der Waals surface area contributed by atoms with Gasteiger partial charge in [-0.3, -0.25) is 9.36 Å². The van der Waals surface area contributed by atoms with E-state index in [0.717, 1.165) is 6.67 Å². The van der Waals surface area contributed by atoms with Crippen LogP contribution in [0.25, 0.3) is 0 Å². The highest BCUT2D eigenvalue weighted by molar-refractivity contribution is 4.85. The fourth-order valence-electron chi connectivity index (χ4n) is 0.685. The third-order valence-corrected chi connectivity index (χ3v) is 1.35. The Bertz CT molecular complexity index is 243. The molecule has 4 nitrogen and oxygen atoms in total. The van der Waals surface area contributed by atoms with Crippen molar-refractivity contribution in [3.8, 4) is 0 Å². The Hall–Kier alpha value is -1.45. The van der Waals surface area contributed by atoms with Gasteiger partial charge in [0.2, 0.25) is 0 Å². The van der Waals surface area contributed by atoms with Gasteiger partial charge in [0.25, 0.3) is 0 Å². The summed E-state index contributed by atoms with van der Waals surface area (Å²) in [6, 6.07) is 0. The average molecular weight is 136 g/mol. The van der Waals surface area contributed by atoms with Crippen LogP contribution >= 0.6 is 0 Å². The fourth-order valence-corrected chi connectivity index (χ4v) is 0.685. The molecule has 2 aromatic heterocycles. The molecule has 0 spiro atoms. The lowest BCUT2D eigenvalue weighted by atomic mass is 10.9. The first-order valence-electron chi connectivity index (χ1n) is 3.11. The molecule has 0 saturated heterocycles. The van der Waals surface area contributed by atoms with Gasteiger partial charge in [0.05, 0.1) is 6.33 Å². The van der Waals surface area contributed by atoms with Crippen LogP contribution in [-0.2, 0) is 6.67 Å². The molecule has 1 aliphatic rings. The lowest BCUT2D eigenvalue weighted by Gasteiger charge is -1.76.